The van der Waals surface area contributed by atoms with Gasteiger partial charge in [0.05, 0.1) is 35.3 Å². The fraction of sp³-hybridized carbons (Fsp3) is 0.292. The molecular weight excluding hydrogens is 378 g/mol. The van der Waals surface area contributed by atoms with Crippen LogP contribution in [0.2, 0.25) is 0 Å². The highest BCUT2D eigenvalue weighted by molar-refractivity contribution is 6.43. The maximum atomic E-state index is 12.9. The molecule has 0 saturated heterocycles. The Bertz CT molecular complexity index is 1040. The van der Waals surface area contributed by atoms with Crippen LogP contribution in [-0.4, -0.2) is 27.6 Å². The number of rotatable bonds is 8. The summed E-state index contributed by atoms with van der Waals surface area (Å²) in [7, 11) is 0. The van der Waals surface area contributed by atoms with Crippen LogP contribution in [0.4, 0.5) is 0 Å². The van der Waals surface area contributed by atoms with E-state index in [1.807, 2.05) is 68.4 Å². The Balaban J connectivity index is 1.74. The first-order valence-corrected chi connectivity index (χ1v) is 10.0. The number of ketones is 1. The average molecular weight is 405 g/mol. The Morgan fingerprint density at radius 2 is 1.63 bits per heavy atom. The maximum absolute atomic E-state index is 12.9. The lowest BCUT2D eigenvalue weighted by atomic mass is 10.1. The average Bonchev–Trinajstić information content (AvgIpc) is 3.05. The highest BCUT2D eigenvalue weighted by atomic mass is 16.5. The van der Waals surface area contributed by atoms with Crippen molar-refractivity contribution in [1.82, 2.24) is 15.1 Å². The van der Waals surface area contributed by atoms with Crippen molar-refractivity contribution in [3.05, 3.63) is 82.7 Å². The Morgan fingerprint density at radius 1 is 1.00 bits per heavy atom. The molecular formula is C24H27N3O3. The van der Waals surface area contributed by atoms with Crippen LogP contribution in [0.5, 0.6) is 0 Å². The largest absolute Gasteiger partial charge is 0.374 e. The molecule has 1 heterocycles. The lowest BCUT2D eigenvalue weighted by Crippen LogP contribution is -2.31. The molecule has 0 radical (unpaired) electrons. The number of nitrogens with one attached hydrogen (secondary N) is 1. The highest BCUT2D eigenvalue weighted by Crippen LogP contribution is 2.19. The van der Waals surface area contributed by atoms with Crippen molar-refractivity contribution in [1.29, 1.82) is 0 Å². The van der Waals surface area contributed by atoms with Gasteiger partial charge in [0.15, 0.2) is 0 Å². The third-order valence-corrected chi connectivity index (χ3v) is 4.86. The fourth-order valence-electron chi connectivity index (χ4n) is 3.29. The zero-order valence-electron chi connectivity index (χ0n) is 17.8. The Morgan fingerprint density at radius 3 is 2.30 bits per heavy atom. The summed E-state index contributed by atoms with van der Waals surface area (Å²) in [5, 5.41) is 7.20. The monoisotopic (exact) mass is 405 g/mol. The lowest BCUT2D eigenvalue weighted by Gasteiger charge is -2.12. The smallest absolute Gasteiger partial charge is 0.292 e. The quantitative estimate of drug-likeness (QED) is 0.455. The van der Waals surface area contributed by atoms with E-state index in [9.17, 15) is 9.59 Å². The van der Waals surface area contributed by atoms with Crippen molar-refractivity contribution in [3.63, 3.8) is 0 Å². The van der Waals surface area contributed by atoms with E-state index in [2.05, 4.69) is 10.4 Å². The number of benzene rings is 2. The van der Waals surface area contributed by atoms with Crippen LogP contribution in [-0.2, 0) is 22.7 Å². The predicted molar refractivity (Wildman–Crippen MR) is 116 cm³/mol. The van der Waals surface area contributed by atoms with Crippen molar-refractivity contribution in [3.8, 4) is 5.69 Å². The summed E-state index contributed by atoms with van der Waals surface area (Å²) < 4.78 is 7.37. The first-order chi connectivity index (χ1) is 14.4. The molecule has 2 aromatic carbocycles. The van der Waals surface area contributed by atoms with E-state index in [1.54, 1.807) is 18.5 Å². The number of para-hydroxylation sites is 1. The van der Waals surface area contributed by atoms with Gasteiger partial charge < -0.3 is 10.1 Å². The Hall–Kier alpha value is -3.25. The molecule has 3 rings (SSSR count). The van der Waals surface area contributed by atoms with Gasteiger partial charge in [0.2, 0.25) is 0 Å². The fourth-order valence-corrected chi connectivity index (χ4v) is 3.29. The lowest BCUT2D eigenvalue weighted by molar-refractivity contribution is -0.117. The van der Waals surface area contributed by atoms with Crippen molar-refractivity contribution in [2.24, 2.45) is 0 Å². The van der Waals surface area contributed by atoms with Crippen LogP contribution in [0, 0.1) is 13.8 Å². The van der Waals surface area contributed by atoms with Crippen molar-refractivity contribution in [2.45, 2.75) is 47.0 Å². The third kappa shape index (κ3) is 4.83. The number of amides is 1. The topological polar surface area (TPSA) is 73.2 Å². The minimum absolute atomic E-state index is 0.112. The van der Waals surface area contributed by atoms with Gasteiger partial charge in [0.1, 0.15) is 0 Å². The number of carbonyl (C=O) groups is 2. The van der Waals surface area contributed by atoms with Crippen LogP contribution < -0.4 is 5.32 Å². The molecule has 0 atom stereocenters. The van der Waals surface area contributed by atoms with Crippen LogP contribution in [0.1, 0.15) is 46.7 Å². The molecule has 6 heteroatoms. The van der Waals surface area contributed by atoms with E-state index >= 15 is 0 Å². The normalized spacial score (nSPS) is 11.0. The molecule has 0 aliphatic rings. The van der Waals surface area contributed by atoms with Crippen molar-refractivity contribution >= 4 is 11.7 Å². The summed E-state index contributed by atoms with van der Waals surface area (Å²) >= 11 is 0. The molecule has 0 spiro atoms. The number of aromatic nitrogens is 2. The molecule has 3 aromatic rings. The first-order valence-electron chi connectivity index (χ1n) is 10.0. The van der Waals surface area contributed by atoms with Gasteiger partial charge in [-0.15, -0.1) is 0 Å². The van der Waals surface area contributed by atoms with Crippen LogP contribution in [0.3, 0.4) is 0 Å². The number of nitrogens with zero attached hydrogens (tertiary/aromatic N) is 2. The molecule has 1 N–H and O–H groups in total. The number of ether oxygens (including phenoxy) is 1. The van der Waals surface area contributed by atoms with Gasteiger partial charge in [-0.05, 0) is 51.0 Å². The molecule has 0 fully saturated rings. The summed E-state index contributed by atoms with van der Waals surface area (Å²) in [6.07, 6.45) is 0.112. The van der Waals surface area contributed by atoms with E-state index in [-0.39, 0.29) is 12.6 Å². The number of Topliss-reactive ketones (excluding diaryl/α,β-unsaturated/α-hetero) is 1. The summed E-state index contributed by atoms with van der Waals surface area (Å²) in [6, 6.07) is 17.3. The Labute approximate surface area is 176 Å². The molecule has 0 unspecified atom stereocenters. The highest BCUT2D eigenvalue weighted by Gasteiger charge is 2.25. The molecule has 6 nitrogen and oxygen atoms in total. The summed E-state index contributed by atoms with van der Waals surface area (Å²) in [4.78, 5) is 25.5. The van der Waals surface area contributed by atoms with Gasteiger partial charge in [0.25, 0.3) is 11.7 Å². The molecule has 1 amide bonds. The van der Waals surface area contributed by atoms with E-state index in [0.717, 1.165) is 16.8 Å². The molecule has 0 aliphatic carbocycles. The number of hydrogen-bond acceptors (Lipinski definition) is 4. The van der Waals surface area contributed by atoms with Gasteiger partial charge in [-0.25, -0.2) is 4.68 Å². The second-order valence-corrected chi connectivity index (χ2v) is 7.43. The minimum Gasteiger partial charge on any atom is -0.374 e. The zero-order valence-corrected chi connectivity index (χ0v) is 17.8. The van der Waals surface area contributed by atoms with Crippen molar-refractivity contribution < 1.29 is 14.3 Å². The van der Waals surface area contributed by atoms with E-state index in [4.69, 9.17) is 4.74 Å². The number of carbonyl (C=O) groups excluding carboxylic acids is 2. The Kier molecular flexibility index (Phi) is 6.79. The van der Waals surface area contributed by atoms with E-state index in [0.29, 0.717) is 23.6 Å². The zero-order chi connectivity index (χ0) is 21.7. The molecule has 30 heavy (non-hydrogen) atoms. The first kappa shape index (κ1) is 21.5. The maximum Gasteiger partial charge on any atom is 0.292 e. The summed E-state index contributed by atoms with van der Waals surface area (Å²) in [6.45, 7) is 8.21. The van der Waals surface area contributed by atoms with Gasteiger partial charge >= 0.3 is 0 Å². The van der Waals surface area contributed by atoms with Crippen LogP contribution in [0.15, 0.2) is 54.6 Å². The second kappa shape index (κ2) is 9.50. The minimum atomic E-state index is -0.645. The number of hydrogen-bond donors (Lipinski definition) is 1. The number of aryl methyl sites for hydroxylation is 1. The third-order valence-electron chi connectivity index (χ3n) is 4.86. The second-order valence-electron chi connectivity index (χ2n) is 7.43. The van der Waals surface area contributed by atoms with Gasteiger partial charge in [-0.3, -0.25) is 9.59 Å². The van der Waals surface area contributed by atoms with Crippen LogP contribution >= 0.6 is 0 Å². The van der Waals surface area contributed by atoms with Gasteiger partial charge in [-0.2, -0.15) is 5.10 Å². The van der Waals surface area contributed by atoms with E-state index in [1.165, 1.54) is 0 Å². The molecule has 1 aromatic heterocycles. The summed E-state index contributed by atoms with van der Waals surface area (Å²) in [5.74, 6) is -1.23. The predicted octanol–water partition coefficient (Wildman–Crippen LogP) is 3.91. The van der Waals surface area contributed by atoms with Gasteiger partial charge in [0, 0.05) is 6.54 Å². The van der Waals surface area contributed by atoms with E-state index < -0.39 is 11.7 Å². The molecule has 0 aliphatic heterocycles. The molecule has 0 bridgehead atoms. The molecule has 156 valence electrons. The summed E-state index contributed by atoms with van der Waals surface area (Å²) in [5.41, 5.74) is 4.27. The van der Waals surface area contributed by atoms with Crippen LogP contribution in [0.25, 0.3) is 5.69 Å². The van der Waals surface area contributed by atoms with Gasteiger partial charge in [-0.1, -0.05) is 42.5 Å². The standard InChI is InChI=1S/C24H27N3O3/c1-16(2)30-15-20-11-9-8-10-19(20)14-25-24(29)23(28)22-17(3)26-27(18(22)4)21-12-6-5-7-13-21/h5-13,16H,14-15H2,1-4H3,(H,25,29). The van der Waals surface area contributed by atoms with Crippen molar-refractivity contribution in [2.75, 3.05) is 0 Å². The molecule has 0 saturated carbocycles. The SMILES string of the molecule is Cc1nn(-c2ccccc2)c(C)c1C(=O)C(=O)NCc1ccccc1COC(C)C.